The van der Waals surface area contributed by atoms with Gasteiger partial charge in [0.05, 0.1) is 17.9 Å². The highest BCUT2D eigenvalue weighted by Crippen LogP contribution is 2.52. The number of aryl methyl sites for hydroxylation is 1. The monoisotopic (exact) mass is 221 g/mol. The first-order chi connectivity index (χ1) is 7.79. The van der Waals surface area contributed by atoms with Gasteiger partial charge >= 0.3 is 0 Å². The van der Waals surface area contributed by atoms with Gasteiger partial charge in [-0.05, 0) is 37.0 Å². The van der Waals surface area contributed by atoms with E-state index in [9.17, 15) is 0 Å². The summed E-state index contributed by atoms with van der Waals surface area (Å²) < 4.78 is 1.83. The van der Waals surface area contributed by atoms with Crippen molar-refractivity contribution in [1.29, 1.82) is 0 Å². The van der Waals surface area contributed by atoms with Crippen molar-refractivity contribution >= 4 is 0 Å². The van der Waals surface area contributed by atoms with Gasteiger partial charge in [-0.15, -0.1) is 5.10 Å². The molecule has 2 aliphatic carbocycles. The molecule has 4 atom stereocenters. The quantitative estimate of drug-likeness (QED) is 0.584. The first kappa shape index (κ1) is 10.2. The van der Waals surface area contributed by atoms with Gasteiger partial charge in [-0.25, -0.2) is 0 Å². The number of nitrogens with one attached hydrogen (secondary N) is 1. The summed E-state index contributed by atoms with van der Waals surface area (Å²) in [5, 5.41) is 7.93. The number of nitrogens with zero attached hydrogens (tertiary/aromatic N) is 3. The molecular weight excluding hydrogens is 202 g/mol. The van der Waals surface area contributed by atoms with Crippen LogP contribution < -0.4 is 11.3 Å². The zero-order chi connectivity index (χ0) is 11.1. The SMILES string of the molecule is Cn1nncc1C(NN)C1CC2CCC1C2. The van der Waals surface area contributed by atoms with Gasteiger partial charge in [-0.3, -0.25) is 16.0 Å². The van der Waals surface area contributed by atoms with E-state index in [1.807, 2.05) is 17.9 Å². The Morgan fingerprint density at radius 2 is 2.38 bits per heavy atom. The first-order valence-corrected chi connectivity index (χ1v) is 6.10. The van der Waals surface area contributed by atoms with Crippen LogP contribution in [-0.4, -0.2) is 15.0 Å². The molecule has 3 rings (SSSR count). The third-order valence-electron chi connectivity index (χ3n) is 4.47. The number of fused-ring (bicyclic) bond motifs is 2. The second kappa shape index (κ2) is 3.82. The molecule has 0 aromatic carbocycles. The van der Waals surface area contributed by atoms with Crippen LogP contribution in [0.1, 0.15) is 37.4 Å². The topological polar surface area (TPSA) is 68.8 Å². The normalized spacial score (nSPS) is 34.5. The molecule has 5 nitrogen and oxygen atoms in total. The number of rotatable bonds is 3. The lowest BCUT2D eigenvalue weighted by atomic mass is 9.82. The second-order valence-electron chi connectivity index (χ2n) is 5.27. The Bertz CT molecular complexity index is 374. The predicted molar refractivity (Wildman–Crippen MR) is 60.0 cm³/mol. The maximum Gasteiger partial charge on any atom is 0.0769 e. The number of nitrogens with two attached hydrogens (primary N) is 1. The van der Waals surface area contributed by atoms with E-state index in [2.05, 4.69) is 15.7 Å². The lowest BCUT2D eigenvalue weighted by Crippen LogP contribution is -2.37. The van der Waals surface area contributed by atoms with Gasteiger partial charge in [-0.2, -0.15) is 0 Å². The number of hydrazine groups is 1. The van der Waals surface area contributed by atoms with Crippen molar-refractivity contribution in [3.05, 3.63) is 11.9 Å². The molecule has 2 fully saturated rings. The van der Waals surface area contributed by atoms with Crippen LogP contribution >= 0.6 is 0 Å². The van der Waals surface area contributed by atoms with Crippen molar-refractivity contribution in [3.8, 4) is 0 Å². The maximum absolute atomic E-state index is 5.73. The van der Waals surface area contributed by atoms with Crippen LogP contribution in [0, 0.1) is 17.8 Å². The minimum atomic E-state index is 0.218. The summed E-state index contributed by atoms with van der Waals surface area (Å²) in [4.78, 5) is 0. The molecule has 1 aromatic heterocycles. The molecule has 0 amide bonds. The van der Waals surface area contributed by atoms with Crippen molar-refractivity contribution < 1.29 is 0 Å². The van der Waals surface area contributed by atoms with Crippen LogP contribution in [0.3, 0.4) is 0 Å². The molecule has 0 spiro atoms. The third kappa shape index (κ3) is 1.46. The highest BCUT2D eigenvalue weighted by atomic mass is 15.4. The smallest absolute Gasteiger partial charge is 0.0769 e. The van der Waals surface area contributed by atoms with E-state index in [-0.39, 0.29) is 6.04 Å². The molecule has 88 valence electrons. The number of hydrogen-bond donors (Lipinski definition) is 2. The molecule has 0 saturated heterocycles. The van der Waals surface area contributed by atoms with Crippen LogP contribution in [0.25, 0.3) is 0 Å². The zero-order valence-corrected chi connectivity index (χ0v) is 9.63. The summed E-state index contributed by atoms with van der Waals surface area (Å²) in [7, 11) is 1.93. The van der Waals surface area contributed by atoms with Crippen LogP contribution in [0.4, 0.5) is 0 Å². The Morgan fingerprint density at radius 1 is 1.50 bits per heavy atom. The van der Waals surface area contributed by atoms with Crippen LogP contribution in [-0.2, 0) is 7.05 Å². The van der Waals surface area contributed by atoms with Crippen molar-refractivity contribution in [1.82, 2.24) is 20.4 Å². The fourth-order valence-corrected chi connectivity index (χ4v) is 3.71. The maximum atomic E-state index is 5.73. The van der Waals surface area contributed by atoms with Gasteiger partial charge in [0, 0.05) is 7.05 Å². The van der Waals surface area contributed by atoms with Crippen molar-refractivity contribution in [2.45, 2.75) is 31.7 Å². The van der Waals surface area contributed by atoms with E-state index in [0.717, 1.165) is 17.5 Å². The van der Waals surface area contributed by atoms with Gasteiger partial charge in [0.2, 0.25) is 0 Å². The van der Waals surface area contributed by atoms with E-state index in [0.29, 0.717) is 5.92 Å². The fourth-order valence-electron chi connectivity index (χ4n) is 3.71. The van der Waals surface area contributed by atoms with Crippen molar-refractivity contribution in [2.75, 3.05) is 0 Å². The van der Waals surface area contributed by atoms with Crippen LogP contribution in [0.5, 0.6) is 0 Å². The van der Waals surface area contributed by atoms with Crippen molar-refractivity contribution in [3.63, 3.8) is 0 Å². The summed E-state index contributed by atoms with van der Waals surface area (Å²) >= 11 is 0. The lowest BCUT2D eigenvalue weighted by molar-refractivity contribution is 0.244. The molecular formula is C11H19N5. The molecule has 4 unspecified atom stereocenters. The average Bonchev–Trinajstić information content (AvgIpc) is 2.97. The fraction of sp³-hybridized carbons (Fsp3) is 0.818. The van der Waals surface area contributed by atoms with Crippen molar-refractivity contribution in [2.24, 2.45) is 30.6 Å². The molecule has 2 bridgehead atoms. The molecule has 2 aliphatic rings. The highest BCUT2D eigenvalue weighted by Gasteiger charge is 2.43. The third-order valence-corrected chi connectivity index (χ3v) is 4.47. The van der Waals surface area contributed by atoms with E-state index in [1.165, 1.54) is 25.7 Å². The van der Waals surface area contributed by atoms with E-state index in [4.69, 9.17) is 5.84 Å². The molecule has 1 aromatic rings. The van der Waals surface area contributed by atoms with E-state index < -0.39 is 0 Å². The largest absolute Gasteiger partial charge is 0.271 e. The molecule has 3 N–H and O–H groups in total. The molecule has 2 saturated carbocycles. The van der Waals surface area contributed by atoms with E-state index >= 15 is 0 Å². The van der Waals surface area contributed by atoms with Gasteiger partial charge in [0.25, 0.3) is 0 Å². The average molecular weight is 221 g/mol. The summed E-state index contributed by atoms with van der Waals surface area (Å²) in [6.45, 7) is 0. The Kier molecular flexibility index (Phi) is 2.44. The Morgan fingerprint density at radius 3 is 2.88 bits per heavy atom. The first-order valence-electron chi connectivity index (χ1n) is 6.10. The van der Waals surface area contributed by atoms with Crippen LogP contribution in [0.2, 0.25) is 0 Å². The lowest BCUT2D eigenvalue weighted by Gasteiger charge is -2.29. The summed E-state index contributed by atoms with van der Waals surface area (Å²) in [5.41, 5.74) is 4.08. The van der Waals surface area contributed by atoms with Gasteiger partial charge in [0.1, 0.15) is 0 Å². The summed E-state index contributed by atoms with van der Waals surface area (Å²) in [6, 6.07) is 0.218. The Balaban J connectivity index is 1.84. The summed E-state index contributed by atoms with van der Waals surface area (Å²) in [6.07, 6.45) is 7.33. The molecule has 0 radical (unpaired) electrons. The summed E-state index contributed by atoms with van der Waals surface area (Å²) in [5.74, 6) is 8.18. The molecule has 16 heavy (non-hydrogen) atoms. The molecule has 5 heteroatoms. The molecule has 0 aliphatic heterocycles. The standard InChI is InChI=1S/C11H19N5/c1-16-10(6-13-15-16)11(14-12)9-5-7-2-3-8(9)4-7/h6-9,11,14H,2-5,12H2,1H3. The second-order valence-corrected chi connectivity index (χ2v) is 5.27. The minimum absolute atomic E-state index is 0.218. The van der Waals surface area contributed by atoms with Gasteiger partial charge in [0.15, 0.2) is 0 Å². The van der Waals surface area contributed by atoms with Gasteiger partial charge in [-0.1, -0.05) is 11.6 Å². The zero-order valence-electron chi connectivity index (χ0n) is 9.63. The minimum Gasteiger partial charge on any atom is -0.271 e. The Labute approximate surface area is 95.4 Å². The highest BCUT2D eigenvalue weighted by molar-refractivity contribution is 5.07. The molecule has 1 heterocycles. The number of aromatic nitrogens is 3. The predicted octanol–water partition coefficient (Wildman–Crippen LogP) is 0.756. The van der Waals surface area contributed by atoms with E-state index in [1.54, 1.807) is 0 Å². The van der Waals surface area contributed by atoms with Crippen LogP contribution in [0.15, 0.2) is 6.20 Å². The van der Waals surface area contributed by atoms with Gasteiger partial charge < -0.3 is 0 Å². The number of hydrogen-bond acceptors (Lipinski definition) is 4. The Hall–Kier alpha value is -0.940.